The zero-order valence-electron chi connectivity index (χ0n) is 19.3. The molecular weight excluding hydrogens is 418 g/mol. The van der Waals surface area contributed by atoms with Crippen molar-refractivity contribution in [3.05, 3.63) is 54.2 Å². The van der Waals surface area contributed by atoms with E-state index >= 15 is 0 Å². The van der Waals surface area contributed by atoms with E-state index in [9.17, 15) is 4.79 Å². The van der Waals surface area contributed by atoms with Gasteiger partial charge in [0.05, 0.1) is 24.9 Å². The number of methoxy groups -OCH3 is 1. The van der Waals surface area contributed by atoms with Gasteiger partial charge in [0.25, 0.3) is 0 Å². The lowest BCUT2D eigenvalue weighted by molar-refractivity contribution is 0.0957. The third-order valence-corrected chi connectivity index (χ3v) is 6.59. The second-order valence-electron chi connectivity index (χ2n) is 8.69. The third-order valence-electron chi connectivity index (χ3n) is 6.59. The molecule has 2 fully saturated rings. The molecule has 1 atom stereocenters. The molecule has 4 heterocycles. The number of carbonyl (C=O) groups is 1. The van der Waals surface area contributed by atoms with Crippen LogP contribution in [0.25, 0.3) is 11.0 Å². The lowest BCUT2D eigenvalue weighted by Crippen LogP contribution is -2.59. The highest BCUT2D eigenvalue weighted by atomic mass is 16.6. The number of benzene rings is 1. The van der Waals surface area contributed by atoms with E-state index in [0.29, 0.717) is 25.0 Å². The summed E-state index contributed by atoms with van der Waals surface area (Å²) in [4.78, 5) is 27.8. The van der Waals surface area contributed by atoms with Gasteiger partial charge in [-0.25, -0.2) is 9.78 Å². The Hall–Kier alpha value is -3.39. The van der Waals surface area contributed by atoms with Gasteiger partial charge in [0, 0.05) is 43.6 Å². The van der Waals surface area contributed by atoms with Crippen LogP contribution in [0.5, 0.6) is 5.88 Å². The molecule has 0 N–H and O–H groups in total. The van der Waals surface area contributed by atoms with Gasteiger partial charge in [0.15, 0.2) is 0 Å². The first-order valence-corrected chi connectivity index (χ1v) is 11.4. The number of rotatable bonds is 7. The molecule has 8 heteroatoms. The lowest BCUT2D eigenvalue weighted by Gasteiger charge is -2.45. The highest BCUT2D eigenvalue weighted by Crippen LogP contribution is 2.30. The van der Waals surface area contributed by atoms with Crippen molar-refractivity contribution < 1.29 is 14.3 Å². The number of cyclic esters (lactones) is 1. The molecule has 172 valence electrons. The molecule has 5 rings (SSSR count). The average molecular weight is 448 g/mol. The third kappa shape index (κ3) is 4.18. The van der Waals surface area contributed by atoms with Gasteiger partial charge in [-0.1, -0.05) is 19.1 Å². The summed E-state index contributed by atoms with van der Waals surface area (Å²) in [6, 6.07) is 14.3. The quantitative estimate of drug-likeness (QED) is 0.550. The molecule has 0 bridgehead atoms. The SMILES string of the molecule is CCc1ccc(N2C[C@@H](CN(C)C3CN(c4ccnc5ccc(OC)nc45)C3)OC2=O)cc1. The monoisotopic (exact) mass is 447 g/mol. The van der Waals surface area contributed by atoms with E-state index in [0.717, 1.165) is 41.9 Å². The predicted molar refractivity (Wildman–Crippen MR) is 128 cm³/mol. The van der Waals surface area contributed by atoms with E-state index < -0.39 is 0 Å². The molecule has 1 amide bonds. The van der Waals surface area contributed by atoms with Crippen LogP contribution in [-0.4, -0.2) is 73.4 Å². The summed E-state index contributed by atoms with van der Waals surface area (Å²) in [5, 5.41) is 0. The molecule has 0 radical (unpaired) electrons. The van der Waals surface area contributed by atoms with Crippen molar-refractivity contribution in [2.24, 2.45) is 0 Å². The molecule has 2 aliphatic rings. The number of hydrogen-bond acceptors (Lipinski definition) is 7. The van der Waals surface area contributed by atoms with Crippen molar-refractivity contribution in [1.29, 1.82) is 0 Å². The van der Waals surface area contributed by atoms with Crippen LogP contribution in [0, 0.1) is 0 Å². The molecule has 2 saturated heterocycles. The summed E-state index contributed by atoms with van der Waals surface area (Å²) in [7, 11) is 3.72. The number of amides is 1. The highest BCUT2D eigenvalue weighted by molar-refractivity contribution is 5.90. The second kappa shape index (κ2) is 8.86. The maximum atomic E-state index is 12.4. The van der Waals surface area contributed by atoms with E-state index in [-0.39, 0.29) is 12.2 Å². The van der Waals surface area contributed by atoms with E-state index in [2.05, 4.69) is 45.9 Å². The molecule has 3 aromatic rings. The zero-order chi connectivity index (χ0) is 22.9. The molecule has 0 spiro atoms. The Morgan fingerprint density at radius 3 is 2.64 bits per heavy atom. The number of likely N-dealkylation sites (N-methyl/N-ethyl adjacent to an activating group) is 1. The van der Waals surface area contributed by atoms with E-state index in [1.165, 1.54) is 5.56 Å². The van der Waals surface area contributed by atoms with Gasteiger partial charge in [0.2, 0.25) is 5.88 Å². The smallest absolute Gasteiger partial charge is 0.414 e. The number of carbonyl (C=O) groups excluding carboxylic acids is 1. The normalized spacial score (nSPS) is 18.7. The van der Waals surface area contributed by atoms with Gasteiger partial charge in [-0.3, -0.25) is 14.8 Å². The minimum atomic E-state index is -0.267. The van der Waals surface area contributed by atoms with Crippen LogP contribution < -0.4 is 14.5 Å². The van der Waals surface area contributed by atoms with Crippen LogP contribution in [0.2, 0.25) is 0 Å². The first-order valence-electron chi connectivity index (χ1n) is 11.4. The maximum absolute atomic E-state index is 12.4. The molecule has 1 aromatic carbocycles. The lowest BCUT2D eigenvalue weighted by atomic mass is 10.1. The number of nitrogens with zero attached hydrogens (tertiary/aromatic N) is 5. The van der Waals surface area contributed by atoms with Crippen molar-refractivity contribution in [1.82, 2.24) is 14.9 Å². The number of pyridine rings is 2. The first kappa shape index (κ1) is 21.5. The van der Waals surface area contributed by atoms with Crippen molar-refractivity contribution >= 4 is 28.5 Å². The predicted octanol–water partition coefficient (Wildman–Crippen LogP) is 3.35. The molecule has 33 heavy (non-hydrogen) atoms. The molecule has 2 aromatic heterocycles. The summed E-state index contributed by atoms with van der Waals surface area (Å²) in [5.74, 6) is 0.586. The Balaban J connectivity index is 1.19. The Morgan fingerprint density at radius 2 is 1.91 bits per heavy atom. The molecule has 0 aliphatic carbocycles. The van der Waals surface area contributed by atoms with E-state index in [1.807, 2.05) is 36.5 Å². The van der Waals surface area contributed by atoms with Crippen LogP contribution in [0.1, 0.15) is 12.5 Å². The number of ether oxygens (including phenoxy) is 2. The Kier molecular flexibility index (Phi) is 5.76. The maximum Gasteiger partial charge on any atom is 0.414 e. The van der Waals surface area contributed by atoms with Gasteiger partial charge < -0.3 is 14.4 Å². The van der Waals surface area contributed by atoms with Crippen molar-refractivity contribution in [3.63, 3.8) is 0 Å². The molecule has 8 nitrogen and oxygen atoms in total. The highest BCUT2D eigenvalue weighted by Gasteiger charge is 2.37. The number of hydrogen-bond donors (Lipinski definition) is 0. The minimum Gasteiger partial charge on any atom is -0.481 e. The number of aryl methyl sites for hydroxylation is 1. The van der Waals surface area contributed by atoms with Crippen molar-refractivity contribution in [2.45, 2.75) is 25.5 Å². The Labute approximate surface area is 193 Å². The average Bonchev–Trinajstić information content (AvgIpc) is 3.17. The van der Waals surface area contributed by atoms with Crippen LogP contribution in [0.3, 0.4) is 0 Å². The topological polar surface area (TPSA) is 71.0 Å². The van der Waals surface area contributed by atoms with Crippen LogP contribution in [0.15, 0.2) is 48.7 Å². The molecule has 0 unspecified atom stereocenters. The Bertz CT molecular complexity index is 1150. The largest absolute Gasteiger partial charge is 0.481 e. The van der Waals surface area contributed by atoms with Crippen LogP contribution >= 0.6 is 0 Å². The number of aromatic nitrogens is 2. The summed E-state index contributed by atoms with van der Waals surface area (Å²) >= 11 is 0. The van der Waals surface area contributed by atoms with Gasteiger partial charge in [-0.05, 0) is 43.3 Å². The number of fused-ring (bicyclic) bond motifs is 1. The fourth-order valence-corrected chi connectivity index (χ4v) is 4.50. The first-order chi connectivity index (χ1) is 16.1. The second-order valence-corrected chi connectivity index (χ2v) is 8.69. The zero-order valence-corrected chi connectivity index (χ0v) is 19.3. The van der Waals surface area contributed by atoms with Crippen LogP contribution in [0.4, 0.5) is 16.2 Å². The standard InChI is InChI=1S/C25H29N5O3/c1-4-17-5-7-18(8-6-17)30-16-20(33-25(30)31)15-28(2)19-13-29(14-19)22-11-12-26-21-9-10-23(32-3)27-24(21)22/h5-12,19-20H,4,13-16H2,1-3H3/t20-/m1/s1. The molecule has 0 saturated carbocycles. The molecule has 2 aliphatic heterocycles. The summed E-state index contributed by atoms with van der Waals surface area (Å²) in [5.41, 5.74) is 4.93. The van der Waals surface area contributed by atoms with E-state index in [4.69, 9.17) is 9.47 Å². The number of anilines is 2. The van der Waals surface area contributed by atoms with Gasteiger partial charge in [0.1, 0.15) is 11.6 Å². The van der Waals surface area contributed by atoms with Crippen molar-refractivity contribution in [3.8, 4) is 5.88 Å². The van der Waals surface area contributed by atoms with Gasteiger partial charge in [-0.15, -0.1) is 0 Å². The van der Waals surface area contributed by atoms with Gasteiger partial charge >= 0.3 is 6.09 Å². The summed E-state index contributed by atoms with van der Waals surface area (Å²) in [6.07, 6.45) is 2.39. The van der Waals surface area contributed by atoms with Gasteiger partial charge in [-0.2, -0.15) is 0 Å². The summed E-state index contributed by atoms with van der Waals surface area (Å²) < 4.78 is 11.0. The molecular formula is C25H29N5O3. The van der Waals surface area contributed by atoms with Crippen LogP contribution in [-0.2, 0) is 11.2 Å². The van der Waals surface area contributed by atoms with Crippen molar-refractivity contribution in [2.75, 3.05) is 50.1 Å². The minimum absolute atomic E-state index is 0.143. The Morgan fingerprint density at radius 1 is 1.12 bits per heavy atom. The summed E-state index contributed by atoms with van der Waals surface area (Å²) in [6.45, 7) is 5.17. The fraction of sp³-hybridized carbons (Fsp3) is 0.400. The fourth-order valence-electron chi connectivity index (χ4n) is 4.50. The van der Waals surface area contributed by atoms with E-state index in [1.54, 1.807) is 12.0 Å².